The van der Waals surface area contributed by atoms with Crippen molar-refractivity contribution in [2.45, 2.75) is 103 Å². The molecule has 2 rings (SSSR count). The SMILES string of the molecule is CCCCCCCCCOc1ccc([C@@H](CCCCCCC)c2ccccc2C(=O)S)nn1. The van der Waals surface area contributed by atoms with E-state index in [1.807, 2.05) is 36.4 Å². The van der Waals surface area contributed by atoms with Crippen molar-refractivity contribution in [1.82, 2.24) is 10.2 Å². The zero-order chi connectivity index (χ0) is 23.7. The Balaban J connectivity index is 1.97. The van der Waals surface area contributed by atoms with Gasteiger partial charge < -0.3 is 4.74 Å². The number of benzene rings is 1. The van der Waals surface area contributed by atoms with Crippen molar-refractivity contribution >= 4 is 17.7 Å². The molecule has 0 aliphatic rings. The van der Waals surface area contributed by atoms with Crippen LogP contribution in [0.25, 0.3) is 0 Å². The number of carbonyl (C=O) groups excluding carboxylic acids is 1. The molecule has 5 heteroatoms. The average molecular weight is 471 g/mol. The number of hydrogen-bond acceptors (Lipinski definition) is 4. The smallest absolute Gasteiger partial charge is 0.233 e. The van der Waals surface area contributed by atoms with Gasteiger partial charge in [-0.25, -0.2) is 0 Å². The molecule has 0 N–H and O–H groups in total. The van der Waals surface area contributed by atoms with Gasteiger partial charge in [0.2, 0.25) is 11.0 Å². The maximum atomic E-state index is 12.1. The first-order valence-electron chi connectivity index (χ1n) is 13.0. The minimum absolute atomic E-state index is 0.0311. The molecule has 1 atom stereocenters. The van der Waals surface area contributed by atoms with Crippen molar-refractivity contribution in [1.29, 1.82) is 0 Å². The summed E-state index contributed by atoms with van der Waals surface area (Å²) in [5.74, 6) is 0.605. The van der Waals surface area contributed by atoms with E-state index in [9.17, 15) is 4.79 Å². The van der Waals surface area contributed by atoms with E-state index < -0.39 is 0 Å². The Morgan fingerprint density at radius 1 is 0.818 bits per heavy atom. The predicted molar refractivity (Wildman–Crippen MR) is 140 cm³/mol. The van der Waals surface area contributed by atoms with Crippen LogP contribution in [0.2, 0.25) is 0 Å². The molecular formula is C28H42N2O2S. The lowest BCUT2D eigenvalue weighted by molar-refractivity contribution is 0.109. The third-order valence-electron chi connectivity index (χ3n) is 6.18. The van der Waals surface area contributed by atoms with Crippen LogP contribution in [0.15, 0.2) is 36.4 Å². The van der Waals surface area contributed by atoms with E-state index in [0.29, 0.717) is 18.1 Å². The highest BCUT2D eigenvalue weighted by atomic mass is 32.1. The maximum Gasteiger partial charge on any atom is 0.233 e. The van der Waals surface area contributed by atoms with Crippen molar-refractivity contribution in [3.63, 3.8) is 0 Å². The van der Waals surface area contributed by atoms with E-state index in [-0.39, 0.29) is 11.0 Å². The highest BCUT2D eigenvalue weighted by molar-refractivity contribution is 7.97. The summed E-state index contributed by atoms with van der Waals surface area (Å²) in [5, 5.41) is 8.64. The molecular weight excluding hydrogens is 428 g/mol. The first-order chi connectivity index (χ1) is 16.2. The number of thiol groups is 1. The predicted octanol–water partition coefficient (Wildman–Crippen LogP) is 8.17. The molecule has 0 saturated heterocycles. The van der Waals surface area contributed by atoms with Gasteiger partial charge in [-0.1, -0.05) is 109 Å². The van der Waals surface area contributed by atoms with Gasteiger partial charge in [-0.05, 0) is 24.5 Å². The van der Waals surface area contributed by atoms with Crippen molar-refractivity contribution < 1.29 is 9.53 Å². The summed E-state index contributed by atoms with van der Waals surface area (Å²) >= 11 is 4.10. The summed E-state index contributed by atoms with van der Waals surface area (Å²) in [6.45, 7) is 5.15. The summed E-state index contributed by atoms with van der Waals surface area (Å²) in [6.07, 6.45) is 15.8. The number of aromatic nitrogens is 2. The van der Waals surface area contributed by atoms with Crippen molar-refractivity contribution in [2.75, 3.05) is 6.61 Å². The van der Waals surface area contributed by atoms with Gasteiger partial charge in [-0.3, -0.25) is 4.79 Å². The molecule has 0 aliphatic carbocycles. The molecule has 1 heterocycles. The summed E-state index contributed by atoms with van der Waals surface area (Å²) in [4.78, 5) is 12.1. The Hall–Kier alpha value is -1.88. The summed E-state index contributed by atoms with van der Waals surface area (Å²) in [6, 6.07) is 11.7. The molecule has 0 amide bonds. The highest BCUT2D eigenvalue weighted by Gasteiger charge is 2.21. The lowest BCUT2D eigenvalue weighted by Crippen LogP contribution is -2.10. The molecule has 2 aromatic rings. The Labute approximate surface area is 206 Å². The van der Waals surface area contributed by atoms with Crippen molar-refractivity contribution in [3.05, 3.63) is 53.2 Å². The normalized spacial score (nSPS) is 12.0. The van der Waals surface area contributed by atoms with E-state index in [2.05, 4.69) is 36.7 Å². The minimum Gasteiger partial charge on any atom is -0.477 e. The van der Waals surface area contributed by atoms with E-state index in [0.717, 1.165) is 30.5 Å². The van der Waals surface area contributed by atoms with Gasteiger partial charge >= 0.3 is 0 Å². The first kappa shape index (κ1) is 27.4. The van der Waals surface area contributed by atoms with E-state index in [1.165, 1.54) is 64.2 Å². The van der Waals surface area contributed by atoms with Gasteiger partial charge in [0.25, 0.3) is 0 Å². The third-order valence-corrected chi connectivity index (χ3v) is 6.42. The molecule has 0 radical (unpaired) electrons. The molecule has 1 aromatic carbocycles. The van der Waals surface area contributed by atoms with Gasteiger partial charge in [-0.2, -0.15) is 5.10 Å². The largest absolute Gasteiger partial charge is 0.477 e. The van der Waals surface area contributed by atoms with E-state index in [4.69, 9.17) is 4.74 Å². The Kier molecular flexibility index (Phi) is 13.8. The molecule has 0 unspecified atom stereocenters. The zero-order valence-electron chi connectivity index (χ0n) is 20.6. The number of ether oxygens (including phenoxy) is 1. The molecule has 33 heavy (non-hydrogen) atoms. The average Bonchev–Trinajstić information content (AvgIpc) is 2.83. The molecule has 1 aromatic heterocycles. The second-order valence-electron chi connectivity index (χ2n) is 8.91. The molecule has 0 fully saturated rings. The monoisotopic (exact) mass is 470 g/mol. The summed E-state index contributed by atoms with van der Waals surface area (Å²) in [7, 11) is 0. The lowest BCUT2D eigenvalue weighted by Gasteiger charge is -2.19. The number of hydrogen-bond donors (Lipinski definition) is 1. The second kappa shape index (κ2) is 16.7. The third kappa shape index (κ3) is 10.3. The van der Waals surface area contributed by atoms with Crippen LogP contribution >= 0.6 is 12.6 Å². The van der Waals surface area contributed by atoms with Gasteiger partial charge in [0.15, 0.2) is 0 Å². The Morgan fingerprint density at radius 3 is 2.09 bits per heavy atom. The summed E-state index contributed by atoms with van der Waals surface area (Å²) in [5.41, 5.74) is 2.52. The Morgan fingerprint density at radius 2 is 1.45 bits per heavy atom. The fourth-order valence-corrected chi connectivity index (χ4v) is 4.44. The number of nitrogens with zero attached hydrogens (tertiary/aromatic N) is 2. The lowest BCUT2D eigenvalue weighted by atomic mass is 9.87. The summed E-state index contributed by atoms with van der Waals surface area (Å²) < 4.78 is 5.82. The molecule has 182 valence electrons. The molecule has 4 nitrogen and oxygen atoms in total. The van der Waals surface area contributed by atoms with Crippen LogP contribution in [0.5, 0.6) is 5.88 Å². The van der Waals surface area contributed by atoms with Crippen LogP contribution in [-0.4, -0.2) is 21.9 Å². The molecule has 0 bridgehead atoms. The topological polar surface area (TPSA) is 52.1 Å². The second-order valence-corrected chi connectivity index (χ2v) is 9.32. The van der Waals surface area contributed by atoms with Crippen LogP contribution in [0.3, 0.4) is 0 Å². The fraction of sp³-hybridized carbons (Fsp3) is 0.607. The number of carbonyl (C=O) groups is 1. The minimum atomic E-state index is -0.204. The fourth-order valence-electron chi connectivity index (χ4n) is 4.24. The maximum absolute atomic E-state index is 12.1. The Bertz CT molecular complexity index is 795. The number of unbranched alkanes of at least 4 members (excludes halogenated alkanes) is 10. The van der Waals surface area contributed by atoms with Gasteiger partial charge in [0.05, 0.1) is 12.3 Å². The molecule has 0 saturated carbocycles. The van der Waals surface area contributed by atoms with E-state index >= 15 is 0 Å². The van der Waals surface area contributed by atoms with Crippen LogP contribution < -0.4 is 4.74 Å². The van der Waals surface area contributed by atoms with Crippen LogP contribution in [0.1, 0.15) is 125 Å². The van der Waals surface area contributed by atoms with Crippen molar-refractivity contribution in [2.24, 2.45) is 0 Å². The molecule has 0 aliphatic heterocycles. The molecule has 0 spiro atoms. The standard InChI is InChI=1S/C28H42N2O2S/c1-3-5-7-9-10-12-16-22-32-27-21-20-26(29-30-27)24(18-13-11-8-6-4-2)23-17-14-15-19-25(23)28(31)33/h14-15,17,19-21,24H,3-13,16,18,22H2,1-2H3,(H,31,33)/t24-/m0/s1. The van der Waals surface area contributed by atoms with Crippen LogP contribution in [-0.2, 0) is 0 Å². The number of rotatable bonds is 18. The van der Waals surface area contributed by atoms with Crippen molar-refractivity contribution in [3.8, 4) is 5.88 Å². The van der Waals surface area contributed by atoms with Crippen LogP contribution in [0.4, 0.5) is 0 Å². The van der Waals surface area contributed by atoms with Gasteiger partial charge in [0, 0.05) is 17.5 Å². The van der Waals surface area contributed by atoms with Gasteiger partial charge in [-0.15, -0.1) is 17.7 Å². The first-order valence-corrected chi connectivity index (χ1v) is 13.4. The highest BCUT2D eigenvalue weighted by Crippen LogP contribution is 2.32. The quantitative estimate of drug-likeness (QED) is 0.176. The van der Waals surface area contributed by atoms with E-state index in [1.54, 1.807) is 0 Å². The van der Waals surface area contributed by atoms with Crippen LogP contribution in [0, 0.1) is 0 Å². The zero-order valence-corrected chi connectivity index (χ0v) is 21.5. The van der Waals surface area contributed by atoms with Gasteiger partial charge in [0.1, 0.15) is 0 Å².